The van der Waals surface area contributed by atoms with Crippen molar-refractivity contribution in [2.45, 2.75) is 61.3 Å². The number of aryl methyl sites for hydroxylation is 2. The van der Waals surface area contributed by atoms with E-state index in [1.54, 1.807) is 6.20 Å². The Morgan fingerprint density at radius 1 is 0.871 bits per heavy atom. The van der Waals surface area contributed by atoms with E-state index in [1.807, 2.05) is 90.9 Å². The van der Waals surface area contributed by atoms with Gasteiger partial charge in [0.15, 0.2) is 0 Å². The van der Waals surface area contributed by atoms with Gasteiger partial charge >= 0.3 is 21.1 Å². The number of para-hydroxylation sites is 1. The number of hydrogen-bond acceptors (Lipinski definition) is 4. The molecule has 1 aromatic heterocycles. The number of nitrogens with zero attached hydrogens (tertiary/aromatic N) is 2. The molecule has 2 N–H and O–H groups in total. The second-order valence-electron chi connectivity index (χ2n) is 5.55. The number of rotatable bonds is 6. The van der Waals surface area contributed by atoms with Crippen molar-refractivity contribution >= 4 is 23.1 Å². The molecule has 0 atom stereocenters. The zero-order valence-corrected chi connectivity index (χ0v) is 23.1. The summed E-state index contributed by atoms with van der Waals surface area (Å²) in [5.41, 5.74) is 4.06. The SMILES string of the molecule is CC.CC.CC.[CH2-]CCc1[c-]cc(Nc2nc(Nc3ccccc3)ncc2C)cc1.[W+2]. The molecule has 2 aromatic carbocycles. The fraction of sp³-hybridized carbons (Fsp3) is 0.346. The first-order chi connectivity index (χ1) is 14.7. The normalized spacial score (nSPS) is 8.65. The van der Waals surface area contributed by atoms with Crippen LogP contribution in [-0.2, 0) is 27.5 Å². The van der Waals surface area contributed by atoms with Crippen LogP contribution in [0.4, 0.5) is 23.1 Å². The molecular formula is C26H38N4W. The Hall–Kier alpha value is -2.19. The Labute approximate surface area is 204 Å². The van der Waals surface area contributed by atoms with E-state index >= 15 is 0 Å². The van der Waals surface area contributed by atoms with Crippen LogP contribution in [0, 0.1) is 19.9 Å². The number of aromatic nitrogens is 2. The Balaban J connectivity index is 0. The van der Waals surface area contributed by atoms with Crippen molar-refractivity contribution in [1.29, 1.82) is 0 Å². The molecule has 31 heavy (non-hydrogen) atoms. The minimum Gasteiger partial charge on any atom is -0.393 e. The van der Waals surface area contributed by atoms with Gasteiger partial charge in [0, 0.05) is 17.4 Å². The first-order valence-corrected chi connectivity index (χ1v) is 11.0. The van der Waals surface area contributed by atoms with E-state index in [9.17, 15) is 0 Å². The Bertz CT molecular complexity index is 790. The van der Waals surface area contributed by atoms with Crippen LogP contribution in [0.3, 0.4) is 0 Å². The van der Waals surface area contributed by atoms with Crippen molar-refractivity contribution in [2.75, 3.05) is 10.6 Å². The molecule has 1 heterocycles. The van der Waals surface area contributed by atoms with Crippen molar-refractivity contribution in [1.82, 2.24) is 9.97 Å². The number of benzene rings is 2. The maximum Gasteiger partial charge on any atom is 2.00 e. The summed E-state index contributed by atoms with van der Waals surface area (Å²) in [6.07, 6.45) is 3.63. The third kappa shape index (κ3) is 11.7. The first kappa shape index (κ1) is 31.0. The molecule has 3 rings (SSSR count). The Morgan fingerprint density at radius 3 is 2.06 bits per heavy atom. The van der Waals surface area contributed by atoms with Crippen molar-refractivity contribution in [3.05, 3.63) is 78.8 Å². The van der Waals surface area contributed by atoms with E-state index in [2.05, 4.69) is 39.7 Å². The van der Waals surface area contributed by atoms with Gasteiger partial charge in [0.1, 0.15) is 5.82 Å². The molecule has 0 fully saturated rings. The molecule has 0 amide bonds. The molecule has 0 aliphatic rings. The van der Waals surface area contributed by atoms with E-state index in [4.69, 9.17) is 0 Å². The van der Waals surface area contributed by atoms with Gasteiger partial charge in [-0.1, -0.05) is 71.8 Å². The number of nitrogens with one attached hydrogen (secondary N) is 2. The van der Waals surface area contributed by atoms with Crippen LogP contribution in [0.2, 0.25) is 0 Å². The van der Waals surface area contributed by atoms with Crippen molar-refractivity contribution in [3.63, 3.8) is 0 Å². The average molecular weight is 590 g/mol. The minimum absolute atomic E-state index is 0. The molecule has 0 aliphatic carbocycles. The van der Waals surface area contributed by atoms with Crippen LogP contribution >= 0.6 is 0 Å². The summed E-state index contributed by atoms with van der Waals surface area (Å²) in [6.45, 7) is 17.8. The predicted molar refractivity (Wildman–Crippen MR) is 133 cm³/mol. The molecule has 0 spiro atoms. The molecule has 5 heteroatoms. The second-order valence-corrected chi connectivity index (χ2v) is 5.55. The van der Waals surface area contributed by atoms with Gasteiger partial charge in [-0.15, -0.1) is 6.07 Å². The third-order valence-corrected chi connectivity index (χ3v) is 3.59. The second kappa shape index (κ2) is 19.8. The van der Waals surface area contributed by atoms with Gasteiger partial charge in [0.2, 0.25) is 5.95 Å². The van der Waals surface area contributed by atoms with Crippen LogP contribution in [0.25, 0.3) is 0 Å². The molecule has 4 nitrogen and oxygen atoms in total. The maximum atomic E-state index is 4.56. The van der Waals surface area contributed by atoms with E-state index in [-0.39, 0.29) is 21.1 Å². The zero-order chi connectivity index (χ0) is 22.8. The Morgan fingerprint density at radius 2 is 1.52 bits per heavy atom. The first-order valence-electron chi connectivity index (χ1n) is 11.0. The van der Waals surface area contributed by atoms with Gasteiger partial charge in [0.05, 0.1) is 0 Å². The molecule has 168 valence electrons. The molecule has 0 bridgehead atoms. The predicted octanol–water partition coefficient (Wildman–Crippen LogP) is 7.92. The van der Waals surface area contributed by atoms with Gasteiger partial charge in [-0.05, 0) is 19.1 Å². The molecule has 0 saturated carbocycles. The van der Waals surface area contributed by atoms with E-state index in [0.29, 0.717) is 5.95 Å². The Kier molecular flexibility index (Phi) is 19.8. The quantitative estimate of drug-likeness (QED) is 0.287. The molecule has 0 radical (unpaired) electrons. The summed E-state index contributed by atoms with van der Waals surface area (Å²) in [5.74, 6) is 1.34. The summed E-state index contributed by atoms with van der Waals surface area (Å²) >= 11 is 0. The zero-order valence-electron chi connectivity index (χ0n) is 20.1. The third-order valence-electron chi connectivity index (χ3n) is 3.59. The topological polar surface area (TPSA) is 49.8 Å². The van der Waals surface area contributed by atoms with Crippen LogP contribution < -0.4 is 10.6 Å². The monoisotopic (exact) mass is 590 g/mol. The van der Waals surface area contributed by atoms with E-state index < -0.39 is 0 Å². The fourth-order valence-corrected chi connectivity index (χ4v) is 2.30. The molecule has 0 saturated heterocycles. The largest absolute Gasteiger partial charge is 2.00 e. The van der Waals surface area contributed by atoms with Gasteiger partial charge in [-0.2, -0.15) is 35.2 Å². The maximum absolute atomic E-state index is 4.56. The smallest absolute Gasteiger partial charge is 0.393 e. The van der Waals surface area contributed by atoms with Crippen molar-refractivity contribution < 1.29 is 21.1 Å². The van der Waals surface area contributed by atoms with Gasteiger partial charge < -0.3 is 17.6 Å². The summed E-state index contributed by atoms with van der Waals surface area (Å²) in [5, 5.41) is 6.54. The summed E-state index contributed by atoms with van der Waals surface area (Å²) in [7, 11) is 0. The van der Waals surface area contributed by atoms with Crippen molar-refractivity contribution in [2.24, 2.45) is 0 Å². The van der Waals surface area contributed by atoms with Crippen LogP contribution in [-0.4, -0.2) is 9.97 Å². The number of hydrogen-bond donors (Lipinski definition) is 2. The standard InChI is InChI=1S/C20H20N4.3C2H6.W/c1-3-7-16-10-12-18(13-11-16)22-19-15(2)14-21-20(24-19)23-17-8-5-4-6-9-17;3*1-2;/h4-6,8-10,12-14H,1,3,7H2,2H3,(H2,21,22,23,24);3*1-2H3;/q-2;;;;+2. The molecule has 0 aliphatic heterocycles. The molecule has 3 aromatic rings. The summed E-state index contributed by atoms with van der Waals surface area (Å²) < 4.78 is 0. The number of anilines is 4. The van der Waals surface area contributed by atoms with Gasteiger partial charge in [-0.25, -0.2) is 4.98 Å². The van der Waals surface area contributed by atoms with Gasteiger partial charge in [0.25, 0.3) is 0 Å². The summed E-state index contributed by atoms with van der Waals surface area (Å²) in [6, 6.07) is 19.2. The average Bonchev–Trinajstić information content (AvgIpc) is 2.82. The van der Waals surface area contributed by atoms with E-state index in [0.717, 1.165) is 35.6 Å². The minimum atomic E-state index is 0. The fourth-order valence-electron chi connectivity index (χ4n) is 2.30. The molecular weight excluding hydrogens is 552 g/mol. The van der Waals surface area contributed by atoms with Crippen LogP contribution in [0.15, 0.2) is 54.7 Å². The van der Waals surface area contributed by atoms with Crippen LogP contribution in [0.1, 0.15) is 59.1 Å². The van der Waals surface area contributed by atoms with Crippen LogP contribution in [0.5, 0.6) is 0 Å². The summed E-state index contributed by atoms with van der Waals surface area (Å²) in [4.78, 5) is 8.90. The molecule has 0 unspecified atom stereocenters. The van der Waals surface area contributed by atoms with Gasteiger partial charge in [-0.3, -0.25) is 0 Å². The van der Waals surface area contributed by atoms with E-state index in [1.165, 1.54) is 5.56 Å². The van der Waals surface area contributed by atoms with Crippen molar-refractivity contribution in [3.8, 4) is 0 Å².